The highest BCUT2D eigenvalue weighted by molar-refractivity contribution is 6.20. The maximum Gasteiger partial charge on any atom is 0.487 e. The first-order valence-corrected chi connectivity index (χ1v) is 18.9. The highest BCUT2D eigenvalue weighted by Crippen LogP contribution is 2.51. The third kappa shape index (κ3) is 8.87. The normalized spacial score (nSPS) is 21.5. The molecule has 4 fully saturated rings. The zero-order chi connectivity index (χ0) is 37.5. The fourth-order valence-corrected chi connectivity index (χ4v) is 8.30. The first kappa shape index (κ1) is 37.3. The van der Waals surface area contributed by atoms with Crippen molar-refractivity contribution >= 4 is 35.1 Å². The van der Waals surface area contributed by atoms with Crippen molar-refractivity contribution in [1.82, 2.24) is 24.6 Å². The van der Waals surface area contributed by atoms with Crippen LogP contribution in [0, 0.1) is 5.41 Å². The zero-order valence-electron chi connectivity index (χ0n) is 30.4. The van der Waals surface area contributed by atoms with Crippen molar-refractivity contribution in [1.29, 1.82) is 0 Å². The number of nitrogens with one attached hydrogen (secondary N) is 1. The van der Waals surface area contributed by atoms with E-state index in [1.807, 2.05) is 47.6 Å². The maximum atomic E-state index is 13.3. The topological polar surface area (TPSA) is 125 Å². The van der Waals surface area contributed by atoms with Crippen LogP contribution in [0.2, 0.25) is 0 Å². The summed E-state index contributed by atoms with van der Waals surface area (Å²) in [6.07, 6.45) is 11.7. The molecule has 1 atom stereocenters. The summed E-state index contributed by atoms with van der Waals surface area (Å²) in [4.78, 5) is 37.1. The van der Waals surface area contributed by atoms with Gasteiger partial charge in [-0.25, -0.2) is 9.78 Å². The van der Waals surface area contributed by atoms with E-state index in [4.69, 9.17) is 21.4 Å². The molecule has 12 nitrogen and oxygen atoms in total. The van der Waals surface area contributed by atoms with E-state index < -0.39 is 23.2 Å². The van der Waals surface area contributed by atoms with Crippen LogP contribution < -0.4 is 15.0 Å². The number of hydrogen-bond donors (Lipinski definition) is 2. The van der Waals surface area contributed by atoms with E-state index in [0.29, 0.717) is 48.0 Å². The monoisotopic (exact) mass is 755 g/mol. The Balaban J connectivity index is 0.971. The molecule has 3 saturated heterocycles. The molecule has 53 heavy (non-hydrogen) atoms. The number of benzene rings is 1. The van der Waals surface area contributed by atoms with Gasteiger partial charge in [-0.15, -0.1) is 8.78 Å². The van der Waals surface area contributed by atoms with E-state index in [1.165, 1.54) is 43.3 Å². The van der Waals surface area contributed by atoms with Crippen molar-refractivity contribution in [2.45, 2.75) is 95.1 Å². The molecule has 1 aliphatic carbocycles. The molecular formula is C38H48ClF2N7O5. The van der Waals surface area contributed by atoms with Crippen molar-refractivity contribution < 1.29 is 33.0 Å². The molecule has 4 aliphatic rings. The fraction of sp³-hybridized carbons (Fsp3) is 0.579. The summed E-state index contributed by atoms with van der Waals surface area (Å²) in [7, 11) is 0. The number of aliphatic hydroxyl groups excluding tert-OH is 1. The van der Waals surface area contributed by atoms with E-state index in [2.05, 4.69) is 19.9 Å². The first-order valence-electron chi connectivity index (χ1n) is 18.5. The Morgan fingerprint density at radius 2 is 1.68 bits per heavy atom. The Kier molecular flexibility index (Phi) is 10.3. The van der Waals surface area contributed by atoms with Crippen molar-refractivity contribution in [2.24, 2.45) is 5.41 Å². The fourth-order valence-electron chi connectivity index (χ4n) is 8.21. The SMILES string of the molecule is CC(C)(C)OC(=O)N1CCC2(CC1)CC(N1CCC(n3cc(-c4cc(C(=O)Nc5ccc(OC(F)(F)Cl)cc5)cnc4N4CC[C@@H](O)C4)cn3)CC1)C2. The van der Waals surface area contributed by atoms with Gasteiger partial charge >= 0.3 is 11.7 Å². The molecule has 15 heteroatoms. The number of rotatable bonds is 8. The number of carbonyl (C=O) groups excluding carboxylic acids is 2. The second kappa shape index (κ2) is 14.7. The van der Waals surface area contributed by atoms with Gasteiger partial charge in [0.2, 0.25) is 0 Å². The summed E-state index contributed by atoms with van der Waals surface area (Å²) in [6.45, 7) is 10.3. The van der Waals surface area contributed by atoms with Crippen LogP contribution in [-0.4, -0.2) is 104 Å². The predicted molar refractivity (Wildman–Crippen MR) is 196 cm³/mol. The van der Waals surface area contributed by atoms with Gasteiger partial charge in [-0.05, 0) is 101 Å². The van der Waals surface area contributed by atoms with E-state index in [-0.39, 0.29) is 17.9 Å². The summed E-state index contributed by atoms with van der Waals surface area (Å²) in [5, 5.41) is 17.8. The summed E-state index contributed by atoms with van der Waals surface area (Å²) in [6, 6.07) is 8.07. The molecule has 3 aromatic rings. The third-order valence-electron chi connectivity index (χ3n) is 11.1. The maximum absolute atomic E-state index is 13.3. The zero-order valence-corrected chi connectivity index (χ0v) is 31.2. The van der Waals surface area contributed by atoms with Crippen molar-refractivity contribution in [3.63, 3.8) is 0 Å². The quantitative estimate of drug-likeness (QED) is 0.240. The Bertz CT molecular complexity index is 1770. The summed E-state index contributed by atoms with van der Waals surface area (Å²) in [5.41, 5.74) is -1.72. The molecule has 7 rings (SSSR count). The van der Waals surface area contributed by atoms with E-state index in [1.54, 1.807) is 6.07 Å². The molecule has 2 N–H and O–H groups in total. The average Bonchev–Trinajstić information content (AvgIpc) is 3.76. The smallest absolute Gasteiger partial charge is 0.444 e. The molecule has 1 aromatic carbocycles. The van der Waals surface area contributed by atoms with Crippen LogP contribution in [0.1, 0.15) is 82.1 Å². The number of halogens is 3. The Morgan fingerprint density at radius 3 is 2.30 bits per heavy atom. The van der Waals surface area contributed by atoms with Gasteiger partial charge in [-0.2, -0.15) is 5.10 Å². The number of carbonyl (C=O) groups is 2. The van der Waals surface area contributed by atoms with Crippen LogP contribution in [0.5, 0.6) is 5.75 Å². The third-order valence-corrected chi connectivity index (χ3v) is 11.1. The van der Waals surface area contributed by atoms with Gasteiger partial charge in [-0.3, -0.25) is 9.48 Å². The number of aliphatic hydroxyl groups is 1. The number of ether oxygens (including phenoxy) is 2. The highest BCUT2D eigenvalue weighted by Gasteiger charge is 2.49. The van der Waals surface area contributed by atoms with Gasteiger partial charge in [-0.1, -0.05) is 0 Å². The summed E-state index contributed by atoms with van der Waals surface area (Å²) in [5.74, 6) is 0.110. The van der Waals surface area contributed by atoms with Gasteiger partial charge in [0.15, 0.2) is 0 Å². The molecule has 2 aromatic heterocycles. The minimum atomic E-state index is -3.84. The van der Waals surface area contributed by atoms with E-state index in [0.717, 1.165) is 63.0 Å². The van der Waals surface area contributed by atoms with Gasteiger partial charge in [0.1, 0.15) is 17.2 Å². The van der Waals surface area contributed by atoms with Gasteiger partial charge in [0, 0.05) is 86.1 Å². The van der Waals surface area contributed by atoms with Crippen LogP contribution in [-0.2, 0) is 4.74 Å². The summed E-state index contributed by atoms with van der Waals surface area (Å²) >= 11 is 4.85. The minimum absolute atomic E-state index is 0.141. The number of nitrogens with zero attached hydrogens (tertiary/aromatic N) is 6. The first-order chi connectivity index (χ1) is 25.1. The molecule has 3 aliphatic heterocycles. The van der Waals surface area contributed by atoms with Gasteiger partial charge in [0.25, 0.3) is 5.91 Å². The molecule has 0 bridgehead atoms. The molecule has 2 amide bonds. The van der Waals surface area contributed by atoms with Gasteiger partial charge in [0.05, 0.1) is 23.9 Å². The van der Waals surface area contributed by atoms with Crippen molar-refractivity contribution in [3.05, 3.63) is 54.5 Å². The largest absolute Gasteiger partial charge is 0.487 e. The lowest BCUT2D eigenvalue weighted by Gasteiger charge is -2.56. The number of alkyl halides is 3. The average molecular weight is 756 g/mol. The van der Waals surface area contributed by atoms with E-state index >= 15 is 0 Å². The number of hydrogen-bond acceptors (Lipinski definition) is 9. The second-order valence-electron chi connectivity index (χ2n) is 16.0. The highest BCUT2D eigenvalue weighted by atomic mass is 35.5. The van der Waals surface area contributed by atoms with Gasteiger partial charge < -0.3 is 34.6 Å². The molecular weight excluding hydrogens is 708 g/mol. The number of piperidine rings is 2. The number of anilines is 2. The second-order valence-corrected chi connectivity index (χ2v) is 16.5. The Hall–Kier alpha value is -4.01. The number of aromatic nitrogens is 3. The number of likely N-dealkylation sites (tertiary alicyclic amines) is 2. The minimum Gasteiger partial charge on any atom is -0.444 e. The number of amides is 2. The van der Waals surface area contributed by atoms with Crippen LogP contribution in [0.15, 0.2) is 48.9 Å². The van der Waals surface area contributed by atoms with Crippen molar-refractivity contribution in [3.8, 4) is 16.9 Å². The molecule has 0 radical (unpaired) electrons. The molecule has 5 heterocycles. The number of pyridine rings is 1. The van der Waals surface area contributed by atoms with Crippen LogP contribution >= 0.6 is 11.6 Å². The molecule has 1 spiro atoms. The Morgan fingerprint density at radius 1 is 0.981 bits per heavy atom. The number of β-amino-alcohol motifs (C(OH)–C–C–N with tert-alkyl or cyclic N) is 1. The molecule has 0 unspecified atom stereocenters. The van der Waals surface area contributed by atoms with Crippen LogP contribution in [0.25, 0.3) is 11.1 Å². The summed E-state index contributed by atoms with van der Waals surface area (Å²) < 4.78 is 38.0. The lowest BCUT2D eigenvalue weighted by Crippen LogP contribution is -2.57. The Labute approximate surface area is 313 Å². The van der Waals surface area contributed by atoms with Crippen LogP contribution in [0.4, 0.5) is 25.1 Å². The van der Waals surface area contributed by atoms with Crippen molar-refractivity contribution in [2.75, 3.05) is 49.5 Å². The predicted octanol–water partition coefficient (Wildman–Crippen LogP) is 6.75. The lowest BCUT2D eigenvalue weighted by molar-refractivity contribution is -0.0964. The van der Waals surface area contributed by atoms with E-state index in [9.17, 15) is 23.5 Å². The molecule has 286 valence electrons. The van der Waals surface area contributed by atoms with Crippen LogP contribution in [0.3, 0.4) is 0 Å². The lowest BCUT2D eigenvalue weighted by atomic mass is 9.60. The standard InChI is InChI=1S/C38H48ClF2N7O5/c1-36(2,3)53-35(51)46-16-11-37(12-17-46)19-29(20-37)45-13-8-28(9-14-45)48-23-26(22-43-48)32-18-25(21-42-33(32)47-15-10-30(49)24-47)34(50)44-27-4-6-31(7-5-27)52-38(39,40)41/h4-7,18,21-23,28-30,49H,8-17,19-20,24H2,1-3H3,(H,44,50)/t30-/m1/s1. The molecule has 1 saturated carbocycles.